The molecule has 2 nitrogen and oxygen atoms in total. The van der Waals surface area contributed by atoms with E-state index in [9.17, 15) is 0 Å². The molecule has 0 unspecified atom stereocenters. The van der Waals surface area contributed by atoms with Crippen molar-refractivity contribution in [1.29, 1.82) is 0 Å². The van der Waals surface area contributed by atoms with Crippen molar-refractivity contribution in [2.75, 3.05) is 22.9 Å². The molecule has 9 aliphatic carbocycles. The Morgan fingerprint density at radius 2 is 0.538 bits per heavy atom. The van der Waals surface area contributed by atoms with Crippen molar-refractivity contribution in [2.24, 2.45) is 0 Å². The minimum atomic E-state index is -0.0765. The van der Waals surface area contributed by atoms with Gasteiger partial charge in [0.2, 0.25) is 0 Å². The van der Waals surface area contributed by atoms with Gasteiger partial charge in [-0.2, -0.15) is 6.67 Å². The molecule has 10 fully saturated rings. The van der Waals surface area contributed by atoms with Crippen LogP contribution in [0.15, 0.2) is 54.6 Å². The zero-order chi connectivity index (χ0) is 64.0. The van der Waals surface area contributed by atoms with Gasteiger partial charge in [0.05, 0.1) is 50.9 Å². The topological polar surface area (TPSA) is 6.48 Å². The molecule has 1 saturated heterocycles. The van der Waals surface area contributed by atoms with Gasteiger partial charge < -0.3 is 9.80 Å². The minimum Gasteiger partial charge on any atom is 0 e. The van der Waals surface area contributed by atoms with Gasteiger partial charge in [-0.1, -0.05) is 93.2 Å². The first-order chi connectivity index (χ1) is 44.6. The van der Waals surface area contributed by atoms with Crippen LogP contribution in [0.1, 0.15) is 328 Å². The van der Waals surface area contributed by atoms with Crippen LogP contribution in [0.4, 0.5) is 11.4 Å². The van der Waals surface area contributed by atoms with E-state index in [1.165, 1.54) is 101 Å². The van der Waals surface area contributed by atoms with Crippen molar-refractivity contribution in [2.45, 2.75) is 381 Å². The molecule has 93 heavy (non-hydrogen) atoms. The molecule has 11 heteroatoms. The Hall–Kier alpha value is 1.29. The zero-order valence-corrected chi connectivity index (χ0v) is 69.8. The molecule has 3 aromatic rings. The molecular weight excluding hydrogens is 1510 g/mol. The summed E-state index contributed by atoms with van der Waals surface area (Å²) in [5.74, 6) is 0. The van der Waals surface area contributed by atoms with Gasteiger partial charge in [0.15, 0.2) is 0 Å². The molecule has 0 spiro atoms. The van der Waals surface area contributed by atoms with Gasteiger partial charge in [0.1, 0.15) is 0 Å². The molecule has 1 heterocycles. The van der Waals surface area contributed by atoms with Gasteiger partial charge in [0.25, 0.3) is 0 Å². The summed E-state index contributed by atoms with van der Waals surface area (Å²) in [6, 6.07) is 19.2. The summed E-state index contributed by atoms with van der Waals surface area (Å²) < 4.78 is 2.06. The maximum Gasteiger partial charge on any atom is 0 e. The van der Waals surface area contributed by atoms with Crippen LogP contribution in [0.5, 0.6) is 0 Å². The average molecular weight is 1640 g/mol. The van der Waals surface area contributed by atoms with Crippen LogP contribution in [0.25, 0.3) is 0 Å². The number of anilines is 2. The third-order valence-electron chi connectivity index (χ3n) is 24.4. The maximum absolute atomic E-state index is 5.57. The Labute approximate surface area is 624 Å². The molecule has 13 rings (SSSR count). The molecule has 1 aliphatic heterocycles. The van der Waals surface area contributed by atoms with Crippen LogP contribution in [0, 0.1) is 48.2 Å². The maximum atomic E-state index is 5.57. The number of hydrogen-bond acceptors (Lipinski definition) is 2. The summed E-state index contributed by atoms with van der Waals surface area (Å²) in [6.45, 7) is 17.6. The van der Waals surface area contributed by atoms with Crippen LogP contribution in [-0.4, -0.2) is 68.6 Å². The second kappa shape index (κ2) is 47.5. The summed E-state index contributed by atoms with van der Waals surface area (Å²) in [6.07, 6.45) is 71.4. The van der Waals surface area contributed by atoms with E-state index < -0.39 is 0 Å². The van der Waals surface area contributed by atoms with E-state index in [0.717, 1.165) is 13.1 Å². The number of hydrogen-bond donors (Lipinski definition) is 0. The number of rotatable bonds is 12. The number of benzene rings is 3. The van der Waals surface area contributed by atoms with E-state index in [1.807, 2.05) is 18.2 Å². The molecular formula is C82H136Cl2Cu2N2P3Ru2+2. The molecule has 539 valence electrons. The summed E-state index contributed by atoms with van der Waals surface area (Å²) in [4.78, 5) is 4.81. The van der Waals surface area contributed by atoms with E-state index in [2.05, 4.69) is 109 Å². The Bertz CT molecular complexity index is 2090. The monoisotopic (exact) mass is 1640 g/mol. The summed E-state index contributed by atoms with van der Waals surface area (Å²) in [5, 5.41) is 0. The second-order valence-electron chi connectivity index (χ2n) is 31.1. The smallest absolute Gasteiger partial charge is 0 e. The Kier molecular flexibility index (Phi) is 42.5. The summed E-state index contributed by atoms with van der Waals surface area (Å²) in [5.41, 5.74) is 23.1. The van der Waals surface area contributed by atoms with E-state index in [1.54, 1.807) is 306 Å². The van der Waals surface area contributed by atoms with Crippen molar-refractivity contribution in [3.8, 4) is 0 Å². The Morgan fingerprint density at radius 1 is 0.344 bits per heavy atom. The summed E-state index contributed by atoms with van der Waals surface area (Å²) in [7, 11) is 10.0. The zero-order valence-electron chi connectivity index (χ0n) is 59.8. The summed E-state index contributed by atoms with van der Waals surface area (Å²) >= 11 is 1.55. The first-order valence-electron chi connectivity index (χ1n) is 39.0. The van der Waals surface area contributed by atoms with Crippen molar-refractivity contribution in [3.63, 3.8) is 0 Å². The van der Waals surface area contributed by atoms with E-state index in [0.29, 0.717) is 0 Å². The first-order valence-corrected chi connectivity index (χ1v) is 49.9. The first kappa shape index (κ1) is 83.2. The fraction of sp³-hybridized carbons (Fsp3) is 0.756. The molecule has 0 N–H and O–H groups in total. The van der Waals surface area contributed by atoms with Crippen molar-refractivity contribution in [1.82, 2.24) is 0 Å². The van der Waals surface area contributed by atoms with E-state index in [-0.39, 0.29) is 73.6 Å². The Morgan fingerprint density at radius 3 is 0.720 bits per heavy atom. The molecule has 0 amide bonds. The number of nitrogens with zero attached hydrogens (tertiary/aromatic N) is 2. The second-order valence-corrected chi connectivity index (χ2v) is 43.2. The molecule has 3 aromatic carbocycles. The standard InChI is InChI=1S/C21H27N2.3C18H33P.C7H6.2ClH.2Cu.2Ru.H/c1-14-9-16(3)20(17(4)10-14)22-7-8-23(13-22)21-18(5)11-15(2)12-19(21)6;3*1-4-10-16(11-5-1)19(17-12-6-2-7-13-17)18-14-8-3-9-15-18;1-7-5-3-2-4-6-7;;;;;;;/h9-13H,7-8H2,1-6H3;3*16-18H,1-15H2;1-6H;2*1H;;;;;/q-1;;;;;;;;;2*+1;/p+1. The van der Waals surface area contributed by atoms with Crippen LogP contribution in [0.2, 0.25) is 0 Å². The molecule has 0 bridgehead atoms. The molecule has 2 radical (unpaired) electrons. The average Bonchev–Trinajstić information content (AvgIpc) is 1.75. The molecule has 9 saturated carbocycles. The largest absolute Gasteiger partial charge is 0 e. The predicted octanol–water partition coefficient (Wildman–Crippen LogP) is 26.1. The van der Waals surface area contributed by atoms with Gasteiger partial charge in [-0.3, -0.25) is 0 Å². The Balaban J connectivity index is 0.000000186. The van der Waals surface area contributed by atoms with Crippen LogP contribution in [0.3, 0.4) is 0 Å². The molecule has 0 aromatic heterocycles. The number of aryl methyl sites for hydroxylation is 6. The third kappa shape index (κ3) is 27.1. The minimum absolute atomic E-state index is 0. The van der Waals surface area contributed by atoms with Crippen molar-refractivity contribution < 1.29 is 67.1 Å². The van der Waals surface area contributed by atoms with Crippen molar-refractivity contribution >= 4 is 59.1 Å². The quantitative estimate of drug-likeness (QED) is 0.101. The van der Waals surface area contributed by atoms with E-state index in [4.69, 9.17) is 9.69 Å². The SMILES string of the molecule is C1CCC([PH+](C2CCCCC2)C2CCCCC2)CC1.C1CCC([PH+](C2CCCCC2)C2CCCCC2)CC1.C1CCC([PH+](C2CCCCC2)C2CCCCC2)CC1.Cc1cc(C)c(N2[CH-]N(c3c(C)cc(C)cc3C)CC2)c(C)c1.[Cl][RuH].[Cl][Ru]=[CH]c1ccccc1.[Cu].[Cu]. The van der Waals surface area contributed by atoms with Gasteiger partial charge in [0, 0.05) is 82.4 Å². The van der Waals surface area contributed by atoms with E-state index >= 15 is 0 Å². The van der Waals surface area contributed by atoms with Crippen LogP contribution < -0.4 is 9.80 Å². The molecule has 10 aliphatic rings. The number of halogens is 2. The van der Waals surface area contributed by atoms with Gasteiger partial charge in [-0.15, -0.1) is 0 Å². The normalized spacial score (nSPS) is 22.5. The van der Waals surface area contributed by atoms with Crippen molar-refractivity contribution in [3.05, 3.63) is 100 Å². The predicted molar refractivity (Wildman–Crippen MR) is 412 cm³/mol. The van der Waals surface area contributed by atoms with Gasteiger partial charge in [-0.05, 0) is 295 Å². The van der Waals surface area contributed by atoms with Crippen LogP contribution >= 0.6 is 43.1 Å². The van der Waals surface area contributed by atoms with Crippen LogP contribution in [-0.2, 0) is 67.1 Å². The molecule has 0 atom stereocenters. The van der Waals surface area contributed by atoms with Gasteiger partial charge >= 0.3 is 92.9 Å². The fourth-order valence-electron chi connectivity index (χ4n) is 20.6. The van der Waals surface area contributed by atoms with Gasteiger partial charge in [-0.25, -0.2) is 0 Å². The fourth-order valence-corrected chi connectivity index (χ4v) is 37.3. The third-order valence-corrected chi connectivity index (χ3v) is 39.3.